The van der Waals surface area contributed by atoms with Crippen molar-refractivity contribution in [1.29, 1.82) is 0 Å². The van der Waals surface area contributed by atoms with Crippen LogP contribution in [0.1, 0.15) is 66.4 Å². The SMILES string of the molecule is CCCCCCCCC#Cc1ccc(C=O)s1. The van der Waals surface area contributed by atoms with Gasteiger partial charge in [0, 0.05) is 6.42 Å². The number of hydrogen-bond donors (Lipinski definition) is 0. The average Bonchev–Trinajstić information content (AvgIpc) is 2.80. The predicted octanol–water partition coefficient (Wildman–Crippen LogP) is 4.66. The molecule has 0 amide bonds. The molecule has 1 rings (SSSR count). The lowest BCUT2D eigenvalue weighted by molar-refractivity contribution is 0.112. The molecule has 0 aromatic carbocycles. The van der Waals surface area contributed by atoms with E-state index in [4.69, 9.17) is 0 Å². The summed E-state index contributed by atoms with van der Waals surface area (Å²) >= 11 is 1.47. The highest BCUT2D eigenvalue weighted by molar-refractivity contribution is 7.14. The lowest BCUT2D eigenvalue weighted by Crippen LogP contribution is -1.77. The first-order chi connectivity index (χ1) is 8.36. The second-order valence-electron chi connectivity index (χ2n) is 4.14. The van der Waals surface area contributed by atoms with Crippen molar-refractivity contribution >= 4 is 17.6 Å². The van der Waals surface area contributed by atoms with Crippen LogP contribution in [-0.2, 0) is 0 Å². The maximum Gasteiger partial charge on any atom is 0.160 e. The Morgan fingerprint density at radius 3 is 2.65 bits per heavy atom. The van der Waals surface area contributed by atoms with E-state index in [1.165, 1.54) is 49.9 Å². The molecule has 0 atom stereocenters. The van der Waals surface area contributed by atoms with Crippen LogP contribution in [0.2, 0.25) is 0 Å². The topological polar surface area (TPSA) is 17.1 Å². The molecule has 0 saturated carbocycles. The van der Waals surface area contributed by atoms with E-state index in [-0.39, 0.29) is 0 Å². The average molecular weight is 248 g/mol. The van der Waals surface area contributed by atoms with Gasteiger partial charge >= 0.3 is 0 Å². The number of thiophene rings is 1. The van der Waals surface area contributed by atoms with Gasteiger partial charge in [0.2, 0.25) is 0 Å². The Balaban J connectivity index is 2.12. The summed E-state index contributed by atoms with van der Waals surface area (Å²) in [6, 6.07) is 3.75. The van der Waals surface area contributed by atoms with Gasteiger partial charge in [0.15, 0.2) is 6.29 Å². The summed E-state index contributed by atoms with van der Waals surface area (Å²) in [7, 11) is 0. The van der Waals surface area contributed by atoms with Crippen molar-refractivity contribution in [3.8, 4) is 11.8 Å². The molecule has 17 heavy (non-hydrogen) atoms. The highest BCUT2D eigenvalue weighted by atomic mass is 32.1. The van der Waals surface area contributed by atoms with E-state index in [1.807, 2.05) is 12.1 Å². The highest BCUT2D eigenvalue weighted by Gasteiger charge is 1.94. The molecule has 0 aliphatic carbocycles. The quantitative estimate of drug-likeness (QED) is 0.389. The van der Waals surface area contributed by atoms with Gasteiger partial charge in [0.25, 0.3) is 0 Å². The Morgan fingerprint density at radius 1 is 1.18 bits per heavy atom. The zero-order valence-corrected chi connectivity index (χ0v) is 11.3. The molecule has 0 aliphatic heterocycles. The molecule has 0 saturated heterocycles. The summed E-state index contributed by atoms with van der Waals surface area (Å²) in [6.45, 7) is 2.24. The Kier molecular flexibility index (Phi) is 7.42. The van der Waals surface area contributed by atoms with E-state index in [0.717, 1.165) is 22.5 Å². The van der Waals surface area contributed by atoms with Crippen molar-refractivity contribution in [2.24, 2.45) is 0 Å². The van der Waals surface area contributed by atoms with Gasteiger partial charge < -0.3 is 0 Å². The molecule has 2 heteroatoms. The van der Waals surface area contributed by atoms with Crippen LogP contribution in [0.4, 0.5) is 0 Å². The van der Waals surface area contributed by atoms with Crippen LogP contribution in [0.15, 0.2) is 12.1 Å². The van der Waals surface area contributed by atoms with Crippen LogP contribution < -0.4 is 0 Å². The van der Waals surface area contributed by atoms with Gasteiger partial charge in [-0.2, -0.15) is 0 Å². The third-order valence-electron chi connectivity index (χ3n) is 2.61. The van der Waals surface area contributed by atoms with Crippen molar-refractivity contribution in [2.45, 2.75) is 51.9 Å². The predicted molar refractivity (Wildman–Crippen MR) is 74.6 cm³/mol. The van der Waals surface area contributed by atoms with Gasteiger partial charge in [-0.15, -0.1) is 11.3 Å². The number of rotatable bonds is 7. The van der Waals surface area contributed by atoms with Crippen LogP contribution in [0.25, 0.3) is 0 Å². The van der Waals surface area contributed by atoms with Crippen molar-refractivity contribution in [2.75, 3.05) is 0 Å². The molecule has 0 fully saturated rings. The molecule has 0 spiro atoms. The van der Waals surface area contributed by atoms with Gasteiger partial charge in [-0.05, 0) is 18.6 Å². The third kappa shape index (κ3) is 6.28. The minimum absolute atomic E-state index is 0.758. The molecule has 1 aromatic rings. The van der Waals surface area contributed by atoms with Crippen molar-refractivity contribution in [1.82, 2.24) is 0 Å². The van der Waals surface area contributed by atoms with Crippen LogP contribution >= 0.6 is 11.3 Å². The Morgan fingerprint density at radius 2 is 1.94 bits per heavy atom. The van der Waals surface area contributed by atoms with Crippen LogP contribution in [0.3, 0.4) is 0 Å². The van der Waals surface area contributed by atoms with E-state index in [0.29, 0.717) is 0 Å². The summed E-state index contributed by atoms with van der Waals surface area (Å²) < 4.78 is 0. The Labute approximate surface area is 108 Å². The molecule has 0 aliphatic rings. The molecule has 1 heterocycles. The largest absolute Gasteiger partial charge is 0.297 e. The summed E-state index contributed by atoms with van der Waals surface area (Å²) in [5.74, 6) is 6.29. The number of unbranched alkanes of at least 4 members (excludes halogenated alkanes) is 6. The fraction of sp³-hybridized carbons (Fsp3) is 0.533. The zero-order valence-electron chi connectivity index (χ0n) is 10.5. The monoisotopic (exact) mass is 248 g/mol. The van der Waals surface area contributed by atoms with Crippen molar-refractivity contribution in [3.05, 3.63) is 21.9 Å². The second kappa shape index (κ2) is 9.01. The molecule has 0 unspecified atom stereocenters. The van der Waals surface area contributed by atoms with Gasteiger partial charge in [0.1, 0.15) is 0 Å². The van der Waals surface area contributed by atoms with Crippen LogP contribution in [0, 0.1) is 11.8 Å². The molecule has 0 bridgehead atoms. The minimum atomic E-state index is 0.758. The third-order valence-corrected chi connectivity index (χ3v) is 3.54. The van der Waals surface area contributed by atoms with E-state index in [9.17, 15) is 4.79 Å². The summed E-state index contributed by atoms with van der Waals surface area (Å²) in [4.78, 5) is 12.2. The zero-order chi connectivity index (χ0) is 12.3. The maximum absolute atomic E-state index is 10.5. The lowest BCUT2D eigenvalue weighted by Gasteiger charge is -1.96. The molecule has 0 radical (unpaired) electrons. The van der Waals surface area contributed by atoms with Gasteiger partial charge in [0.05, 0.1) is 9.75 Å². The summed E-state index contributed by atoms with van der Waals surface area (Å²) in [5.41, 5.74) is 0. The first-order valence-corrected chi connectivity index (χ1v) is 7.22. The Bertz CT molecular complexity index is 381. The molecule has 92 valence electrons. The molecule has 1 aromatic heterocycles. The van der Waals surface area contributed by atoms with Crippen LogP contribution in [0.5, 0.6) is 0 Å². The first kappa shape index (κ1) is 14.0. The normalized spacial score (nSPS) is 9.71. The Hall–Kier alpha value is -1.07. The number of hydrogen-bond acceptors (Lipinski definition) is 2. The maximum atomic E-state index is 10.5. The number of aldehydes is 1. The van der Waals surface area contributed by atoms with Gasteiger partial charge in [-0.25, -0.2) is 0 Å². The summed E-state index contributed by atoms with van der Waals surface area (Å²) in [6.07, 6.45) is 9.69. The van der Waals surface area contributed by atoms with Crippen molar-refractivity contribution in [3.63, 3.8) is 0 Å². The van der Waals surface area contributed by atoms with E-state index in [1.54, 1.807) is 0 Å². The van der Waals surface area contributed by atoms with Gasteiger partial charge in [-0.1, -0.05) is 50.9 Å². The summed E-state index contributed by atoms with van der Waals surface area (Å²) in [5, 5.41) is 0. The standard InChI is InChI=1S/C15H20OS/c1-2-3-4-5-6-7-8-9-10-14-11-12-15(13-16)17-14/h11-13H,2-8H2,1H3. The second-order valence-corrected chi connectivity index (χ2v) is 5.25. The first-order valence-electron chi connectivity index (χ1n) is 6.40. The smallest absolute Gasteiger partial charge is 0.160 e. The highest BCUT2D eigenvalue weighted by Crippen LogP contribution is 2.13. The van der Waals surface area contributed by atoms with Gasteiger partial charge in [-0.3, -0.25) is 4.79 Å². The fourth-order valence-electron chi connectivity index (χ4n) is 1.63. The minimum Gasteiger partial charge on any atom is -0.297 e. The molecule has 0 N–H and O–H groups in total. The van der Waals surface area contributed by atoms with Crippen molar-refractivity contribution < 1.29 is 4.79 Å². The molecular weight excluding hydrogens is 228 g/mol. The molecular formula is C15H20OS. The van der Waals surface area contributed by atoms with E-state index < -0.39 is 0 Å². The molecule has 1 nitrogen and oxygen atoms in total. The number of carbonyl (C=O) groups is 1. The fourth-order valence-corrected chi connectivity index (χ4v) is 2.32. The number of carbonyl (C=O) groups excluding carboxylic acids is 1. The van der Waals surface area contributed by atoms with E-state index in [2.05, 4.69) is 18.8 Å². The van der Waals surface area contributed by atoms with E-state index >= 15 is 0 Å². The van der Waals surface area contributed by atoms with Crippen LogP contribution in [-0.4, -0.2) is 6.29 Å². The lowest BCUT2D eigenvalue weighted by atomic mass is 10.1.